The maximum absolute atomic E-state index is 9.65. The van der Waals surface area contributed by atoms with Crippen LogP contribution in [0.5, 0.6) is 0 Å². The average molecular weight is 636 g/mol. The van der Waals surface area contributed by atoms with E-state index in [4.69, 9.17) is 13.1 Å². The number of rotatable bonds is 4. The number of hydrogen-bond donors (Lipinski definition) is 0. The molecule has 9 aromatic rings. The van der Waals surface area contributed by atoms with E-state index in [1.54, 1.807) is 0 Å². The van der Waals surface area contributed by atoms with Gasteiger partial charge in [0, 0.05) is 32.7 Å². The van der Waals surface area contributed by atoms with Crippen molar-refractivity contribution in [2.75, 3.05) is 0 Å². The first-order valence-electron chi connectivity index (χ1n) is 16.2. The molecule has 5 nitrogen and oxygen atoms in total. The third kappa shape index (κ3) is 4.38. The van der Waals surface area contributed by atoms with Gasteiger partial charge in [0.1, 0.15) is 0 Å². The zero-order valence-corrected chi connectivity index (χ0v) is 26.7. The highest BCUT2D eigenvalue weighted by molar-refractivity contribution is 6.11. The minimum atomic E-state index is 0.553. The molecule has 0 atom stereocenters. The van der Waals surface area contributed by atoms with E-state index >= 15 is 0 Å². The second-order valence-corrected chi connectivity index (χ2v) is 12.3. The second-order valence-electron chi connectivity index (χ2n) is 12.3. The first kappa shape index (κ1) is 28.8. The van der Waals surface area contributed by atoms with Crippen LogP contribution in [0.15, 0.2) is 152 Å². The Morgan fingerprint density at radius 3 is 1.92 bits per heavy atom. The molecule has 5 heteroatoms. The van der Waals surface area contributed by atoms with Crippen LogP contribution in [0.4, 0.5) is 11.4 Å². The first-order valence-corrected chi connectivity index (χ1v) is 16.2. The van der Waals surface area contributed by atoms with Crippen LogP contribution in [0, 0.1) is 24.5 Å². The van der Waals surface area contributed by atoms with Crippen LogP contribution in [0.3, 0.4) is 0 Å². The summed E-state index contributed by atoms with van der Waals surface area (Å²) >= 11 is 0. The van der Waals surface area contributed by atoms with Crippen molar-refractivity contribution in [3.8, 4) is 39.7 Å². The first-order chi connectivity index (χ1) is 24.7. The minimum Gasteiger partial charge on any atom is -0.318 e. The number of hydrogen-bond acceptors (Lipinski definition) is 1. The Morgan fingerprint density at radius 1 is 0.480 bits per heavy atom. The van der Waals surface area contributed by atoms with E-state index in [1.807, 2.05) is 66.7 Å². The third-order valence-electron chi connectivity index (χ3n) is 9.58. The molecule has 7 aromatic carbocycles. The van der Waals surface area contributed by atoms with E-state index in [0.717, 1.165) is 77.2 Å². The van der Waals surface area contributed by atoms with Crippen LogP contribution in [0.1, 0.15) is 5.56 Å². The normalized spacial score (nSPS) is 11.1. The Hall–Kier alpha value is -7.39. The molecule has 0 aliphatic carbocycles. The van der Waals surface area contributed by atoms with Crippen LogP contribution < -0.4 is 0 Å². The van der Waals surface area contributed by atoms with Gasteiger partial charge < -0.3 is 9.13 Å². The minimum absolute atomic E-state index is 0.553. The highest BCUT2D eigenvalue weighted by Crippen LogP contribution is 2.42. The largest absolute Gasteiger partial charge is 0.318 e. The quantitative estimate of drug-likeness (QED) is 0.177. The summed E-state index contributed by atoms with van der Waals surface area (Å²) in [7, 11) is 0. The third-order valence-corrected chi connectivity index (χ3v) is 9.58. The van der Waals surface area contributed by atoms with Gasteiger partial charge in [-0.05, 0) is 76.9 Å². The summed E-state index contributed by atoms with van der Waals surface area (Å²) in [6, 6.07) is 53.4. The van der Waals surface area contributed by atoms with Crippen molar-refractivity contribution in [1.82, 2.24) is 9.13 Å². The molecule has 0 spiro atoms. The Bertz CT molecular complexity index is 2960. The molecule has 0 saturated heterocycles. The molecular weight excluding hydrogens is 611 g/mol. The molecule has 9 rings (SSSR count). The zero-order chi connectivity index (χ0) is 33.8. The van der Waals surface area contributed by atoms with Crippen molar-refractivity contribution in [2.45, 2.75) is 0 Å². The van der Waals surface area contributed by atoms with Crippen LogP contribution in [-0.2, 0) is 0 Å². The molecule has 0 aliphatic heterocycles. The summed E-state index contributed by atoms with van der Waals surface area (Å²) in [6.45, 7) is 15.7. The Labute approximate surface area is 288 Å². The number of nitrogens with zero attached hydrogens (tertiary/aromatic N) is 5. The molecule has 0 N–H and O–H groups in total. The van der Waals surface area contributed by atoms with Gasteiger partial charge in [-0.1, -0.05) is 97.1 Å². The highest BCUT2D eigenvalue weighted by Gasteiger charge is 2.19. The zero-order valence-electron chi connectivity index (χ0n) is 26.7. The number of para-hydroxylation sites is 3. The standard InChI is InChI=1S/C45H25N5/c1-47-33-20-23-38-36-11-3-5-15-41(36)49(44(38)27-33)34-21-18-30(19-22-34)31-9-7-10-32(26-31)35-13-8-14-40(48-2)45(35)50-42-16-6-4-12-37(42)39-25-29(28-46)17-24-43(39)50/h3-27H. The molecule has 2 aromatic heterocycles. The summed E-state index contributed by atoms with van der Waals surface area (Å²) in [4.78, 5) is 7.68. The van der Waals surface area contributed by atoms with Gasteiger partial charge in [-0.3, -0.25) is 0 Å². The SMILES string of the molecule is [C-]#[N+]c1ccc2c3ccccc3n(-c3ccc(-c4cccc(-c5cccc([N+]#[C-])c5-n5c6ccccc6c6cc(C#N)ccc65)c4)cc3)c2c1. The average Bonchev–Trinajstić information content (AvgIpc) is 3.69. The molecule has 230 valence electrons. The van der Waals surface area contributed by atoms with Crippen molar-refractivity contribution in [3.05, 3.63) is 180 Å². The van der Waals surface area contributed by atoms with Crippen LogP contribution in [0.25, 0.3) is 86.9 Å². The lowest BCUT2D eigenvalue weighted by Gasteiger charge is -2.17. The van der Waals surface area contributed by atoms with Crippen LogP contribution in [0.2, 0.25) is 0 Å². The molecule has 0 amide bonds. The fourth-order valence-electron chi connectivity index (χ4n) is 7.35. The van der Waals surface area contributed by atoms with Gasteiger partial charge in [0.15, 0.2) is 5.69 Å². The molecule has 0 unspecified atom stereocenters. The van der Waals surface area contributed by atoms with Crippen molar-refractivity contribution in [1.29, 1.82) is 5.26 Å². The molecule has 0 bridgehead atoms. The smallest absolute Gasteiger partial charge is 0.211 e. The Kier molecular flexibility index (Phi) is 6.56. The predicted molar refractivity (Wildman–Crippen MR) is 203 cm³/mol. The lowest BCUT2D eigenvalue weighted by Crippen LogP contribution is -1.98. The predicted octanol–water partition coefficient (Wildman–Crippen LogP) is 12.2. The Morgan fingerprint density at radius 2 is 1.16 bits per heavy atom. The van der Waals surface area contributed by atoms with Crippen molar-refractivity contribution in [2.24, 2.45) is 0 Å². The topological polar surface area (TPSA) is 42.4 Å². The lowest BCUT2D eigenvalue weighted by atomic mass is 9.97. The maximum atomic E-state index is 9.65. The van der Waals surface area contributed by atoms with Gasteiger partial charge in [0.2, 0.25) is 5.69 Å². The van der Waals surface area contributed by atoms with Crippen molar-refractivity contribution >= 4 is 55.0 Å². The maximum Gasteiger partial charge on any atom is 0.211 e. The van der Waals surface area contributed by atoms with Crippen LogP contribution >= 0.6 is 0 Å². The molecule has 2 heterocycles. The number of aromatic nitrogens is 2. The van der Waals surface area contributed by atoms with E-state index in [-0.39, 0.29) is 0 Å². The fourth-order valence-corrected chi connectivity index (χ4v) is 7.35. The molecule has 50 heavy (non-hydrogen) atoms. The van der Waals surface area contributed by atoms with E-state index < -0.39 is 0 Å². The molecule has 0 radical (unpaired) electrons. The second kappa shape index (κ2) is 11.4. The number of nitriles is 1. The molecule has 0 saturated carbocycles. The highest BCUT2D eigenvalue weighted by atomic mass is 15.0. The molecular formula is C45H25N5. The van der Waals surface area contributed by atoms with Gasteiger partial charge >= 0.3 is 0 Å². The monoisotopic (exact) mass is 635 g/mol. The summed E-state index contributed by atoms with van der Waals surface area (Å²) in [5.74, 6) is 0. The van der Waals surface area contributed by atoms with Gasteiger partial charge in [0.25, 0.3) is 0 Å². The Balaban J connectivity index is 1.18. The van der Waals surface area contributed by atoms with Crippen molar-refractivity contribution in [3.63, 3.8) is 0 Å². The summed E-state index contributed by atoms with van der Waals surface area (Å²) in [5.41, 5.74) is 11.7. The summed E-state index contributed by atoms with van der Waals surface area (Å²) in [5, 5.41) is 13.9. The fraction of sp³-hybridized carbons (Fsp3) is 0. The summed E-state index contributed by atoms with van der Waals surface area (Å²) in [6.07, 6.45) is 0. The van der Waals surface area contributed by atoms with Crippen molar-refractivity contribution < 1.29 is 0 Å². The molecule has 0 fully saturated rings. The molecule has 0 aliphatic rings. The van der Waals surface area contributed by atoms with Gasteiger partial charge in [-0.2, -0.15) is 5.26 Å². The van der Waals surface area contributed by atoms with Gasteiger partial charge in [0.05, 0.1) is 47.0 Å². The van der Waals surface area contributed by atoms with Gasteiger partial charge in [-0.25, -0.2) is 9.69 Å². The van der Waals surface area contributed by atoms with E-state index in [9.17, 15) is 5.26 Å². The van der Waals surface area contributed by atoms with E-state index in [0.29, 0.717) is 16.9 Å². The van der Waals surface area contributed by atoms with Crippen LogP contribution in [-0.4, -0.2) is 9.13 Å². The number of fused-ring (bicyclic) bond motifs is 6. The number of benzene rings is 7. The lowest BCUT2D eigenvalue weighted by molar-refractivity contribution is 1.18. The van der Waals surface area contributed by atoms with E-state index in [2.05, 4.69) is 110 Å². The summed E-state index contributed by atoms with van der Waals surface area (Å²) < 4.78 is 4.40. The van der Waals surface area contributed by atoms with E-state index in [1.165, 1.54) is 0 Å². The van der Waals surface area contributed by atoms with Gasteiger partial charge in [-0.15, -0.1) is 0 Å².